The van der Waals surface area contributed by atoms with E-state index >= 15 is 0 Å². The van der Waals surface area contributed by atoms with Crippen molar-refractivity contribution in [2.45, 2.75) is 13.8 Å². The van der Waals surface area contributed by atoms with Crippen molar-refractivity contribution >= 4 is 17.6 Å². The van der Waals surface area contributed by atoms with Crippen molar-refractivity contribution < 1.29 is 23.5 Å². The molecule has 1 aromatic carbocycles. The summed E-state index contributed by atoms with van der Waals surface area (Å²) < 4.78 is 15.4. The van der Waals surface area contributed by atoms with Gasteiger partial charge in [-0.1, -0.05) is 12.1 Å². The number of carbonyl (C=O) groups is 2. The zero-order chi connectivity index (χ0) is 15.9. The van der Waals surface area contributed by atoms with Gasteiger partial charge in [-0.25, -0.2) is 4.79 Å². The van der Waals surface area contributed by atoms with E-state index in [0.717, 1.165) is 0 Å². The van der Waals surface area contributed by atoms with E-state index in [4.69, 9.17) is 13.9 Å². The highest BCUT2D eigenvalue weighted by Gasteiger charge is 2.14. The van der Waals surface area contributed by atoms with E-state index < -0.39 is 18.5 Å². The lowest BCUT2D eigenvalue weighted by Gasteiger charge is -2.11. The maximum Gasteiger partial charge on any atom is 0.374 e. The van der Waals surface area contributed by atoms with Crippen LogP contribution >= 0.6 is 0 Å². The second-order valence-electron chi connectivity index (χ2n) is 4.46. The van der Waals surface area contributed by atoms with Gasteiger partial charge in [0.1, 0.15) is 11.5 Å². The van der Waals surface area contributed by atoms with Crippen LogP contribution in [0.4, 0.5) is 5.69 Å². The number of furan rings is 1. The summed E-state index contributed by atoms with van der Waals surface area (Å²) in [5, 5.41) is 2.64. The molecule has 0 radical (unpaired) electrons. The molecule has 1 aromatic heterocycles. The number of nitrogens with one attached hydrogen (secondary N) is 1. The Hall–Kier alpha value is -2.76. The monoisotopic (exact) mass is 303 g/mol. The zero-order valence-corrected chi connectivity index (χ0v) is 12.4. The molecule has 0 bridgehead atoms. The van der Waals surface area contributed by atoms with Crippen LogP contribution in [0.5, 0.6) is 5.75 Å². The molecule has 0 aliphatic carbocycles. The number of para-hydroxylation sites is 2. The first-order chi connectivity index (χ1) is 10.6. The van der Waals surface area contributed by atoms with E-state index in [1.807, 2.05) is 6.92 Å². The van der Waals surface area contributed by atoms with Crippen molar-refractivity contribution in [2.75, 3.05) is 18.5 Å². The Labute approximate surface area is 128 Å². The van der Waals surface area contributed by atoms with Gasteiger partial charge in [-0.15, -0.1) is 0 Å². The first-order valence-electron chi connectivity index (χ1n) is 6.85. The second-order valence-corrected chi connectivity index (χ2v) is 4.46. The maximum atomic E-state index is 11.8. The van der Waals surface area contributed by atoms with Gasteiger partial charge in [-0.05, 0) is 38.1 Å². The summed E-state index contributed by atoms with van der Waals surface area (Å²) in [4.78, 5) is 23.5. The molecule has 2 rings (SSSR count). The number of hydrogen-bond acceptors (Lipinski definition) is 5. The minimum atomic E-state index is -0.679. The number of benzene rings is 1. The topological polar surface area (TPSA) is 77.8 Å². The summed E-state index contributed by atoms with van der Waals surface area (Å²) in [5.74, 6) is 0.0959. The highest BCUT2D eigenvalue weighted by atomic mass is 16.5. The Balaban J connectivity index is 1.89. The highest BCUT2D eigenvalue weighted by Crippen LogP contribution is 2.23. The Morgan fingerprint density at radius 3 is 2.64 bits per heavy atom. The van der Waals surface area contributed by atoms with Crippen LogP contribution in [0.3, 0.4) is 0 Å². The van der Waals surface area contributed by atoms with Gasteiger partial charge < -0.3 is 19.2 Å². The first-order valence-corrected chi connectivity index (χ1v) is 6.85. The quantitative estimate of drug-likeness (QED) is 0.830. The van der Waals surface area contributed by atoms with Crippen LogP contribution in [0.15, 0.2) is 40.8 Å². The minimum Gasteiger partial charge on any atom is -0.492 e. The van der Waals surface area contributed by atoms with E-state index in [2.05, 4.69) is 5.32 Å². The van der Waals surface area contributed by atoms with Crippen LogP contribution in [0.1, 0.15) is 23.2 Å². The van der Waals surface area contributed by atoms with Crippen LogP contribution < -0.4 is 10.1 Å². The summed E-state index contributed by atoms with van der Waals surface area (Å²) in [6.45, 7) is 3.65. The molecule has 2 aromatic rings. The van der Waals surface area contributed by atoms with Crippen LogP contribution in [-0.4, -0.2) is 25.1 Å². The molecular formula is C16H17NO5. The van der Waals surface area contributed by atoms with Gasteiger partial charge in [0.2, 0.25) is 5.76 Å². The second kappa shape index (κ2) is 7.31. The molecule has 116 valence electrons. The van der Waals surface area contributed by atoms with Gasteiger partial charge in [-0.3, -0.25) is 4.79 Å². The van der Waals surface area contributed by atoms with Crippen molar-refractivity contribution in [1.29, 1.82) is 0 Å². The summed E-state index contributed by atoms with van der Waals surface area (Å²) >= 11 is 0. The summed E-state index contributed by atoms with van der Waals surface area (Å²) in [6, 6.07) is 10.2. The van der Waals surface area contributed by atoms with Crippen molar-refractivity contribution in [1.82, 2.24) is 0 Å². The number of rotatable bonds is 6. The Morgan fingerprint density at radius 2 is 1.95 bits per heavy atom. The third-order valence-corrected chi connectivity index (χ3v) is 2.74. The molecule has 6 nitrogen and oxygen atoms in total. The number of carbonyl (C=O) groups excluding carboxylic acids is 2. The first kappa shape index (κ1) is 15.6. The molecule has 22 heavy (non-hydrogen) atoms. The minimum absolute atomic E-state index is 0.0695. The van der Waals surface area contributed by atoms with Crippen LogP contribution in [-0.2, 0) is 9.53 Å². The summed E-state index contributed by atoms with van der Waals surface area (Å²) in [6.07, 6.45) is 0. The zero-order valence-electron chi connectivity index (χ0n) is 12.4. The summed E-state index contributed by atoms with van der Waals surface area (Å²) in [7, 11) is 0. The van der Waals surface area contributed by atoms with Gasteiger partial charge >= 0.3 is 5.97 Å². The average molecular weight is 303 g/mol. The van der Waals surface area contributed by atoms with Gasteiger partial charge in [0.15, 0.2) is 6.61 Å². The van der Waals surface area contributed by atoms with Gasteiger partial charge in [0.25, 0.3) is 5.91 Å². The average Bonchev–Trinajstić information content (AvgIpc) is 2.94. The molecule has 0 atom stereocenters. The number of ether oxygens (including phenoxy) is 2. The van der Waals surface area contributed by atoms with Crippen LogP contribution in [0, 0.1) is 6.92 Å². The lowest BCUT2D eigenvalue weighted by molar-refractivity contribution is -0.119. The molecule has 0 fully saturated rings. The van der Waals surface area contributed by atoms with E-state index in [0.29, 0.717) is 23.8 Å². The molecule has 0 spiro atoms. The molecule has 6 heteroatoms. The normalized spacial score (nSPS) is 10.1. The molecular weight excluding hydrogens is 286 g/mol. The maximum absolute atomic E-state index is 11.8. The Kier molecular flexibility index (Phi) is 5.19. The van der Waals surface area contributed by atoms with Crippen molar-refractivity contribution in [3.05, 3.63) is 47.9 Å². The SMILES string of the molecule is CCOc1ccccc1NC(=O)COC(=O)c1ccc(C)o1. The fourth-order valence-corrected chi connectivity index (χ4v) is 1.78. The van der Waals surface area contributed by atoms with E-state index in [9.17, 15) is 9.59 Å². The number of amides is 1. The molecule has 1 heterocycles. The largest absolute Gasteiger partial charge is 0.492 e. The third kappa shape index (κ3) is 4.12. The number of anilines is 1. The van der Waals surface area contributed by atoms with Gasteiger partial charge in [0, 0.05) is 0 Å². The molecule has 1 amide bonds. The predicted octanol–water partition coefficient (Wildman–Crippen LogP) is 2.78. The van der Waals surface area contributed by atoms with Gasteiger partial charge in [-0.2, -0.15) is 0 Å². The third-order valence-electron chi connectivity index (χ3n) is 2.74. The van der Waals surface area contributed by atoms with E-state index in [1.165, 1.54) is 6.07 Å². The summed E-state index contributed by atoms with van der Waals surface area (Å²) in [5.41, 5.74) is 0.527. The molecule has 0 unspecified atom stereocenters. The number of aryl methyl sites for hydroxylation is 1. The Bertz CT molecular complexity index is 662. The number of hydrogen-bond donors (Lipinski definition) is 1. The molecule has 0 aliphatic rings. The fourth-order valence-electron chi connectivity index (χ4n) is 1.78. The molecule has 0 aliphatic heterocycles. The fraction of sp³-hybridized carbons (Fsp3) is 0.250. The molecule has 1 N–H and O–H groups in total. The smallest absolute Gasteiger partial charge is 0.374 e. The lowest BCUT2D eigenvalue weighted by Crippen LogP contribution is -2.21. The highest BCUT2D eigenvalue weighted by molar-refractivity contribution is 5.95. The molecule has 0 saturated heterocycles. The Morgan fingerprint density at radius 1 is 1.18 bits per heavy atom. The van der Waals surface area contributed by atoms with E-state index in [-0.39, 0.29) is 5.76 Å². The van der Waals surface area contributed by atoms with Crippen molar-refractivity contribution in [2.24, 2.45) is 0 Å². The molecule has 0 saturated carbocycles. The van der Waals surface area contributed by atoms with Crippen molar-refractivity contribution in [3.63, 3.8) is 0 Å². The van der Waals surface area contributed by atoms with E-state index in [1.54, 1.807) is 37.3 Å². The van der Waals surface area contributed by atoms with Crippen LogP contribution in [0.25, 0.3) is 0 Å². The van der Waals surface area contributed by atoms with Crippen molar-refractivity contribution in [3.8, 4) is 5.75 Å². The number of esters is 1. The van der Waals surface area contributed by atoms with Crippen LogP contribution in [0.2, 0.25) is 0 Å². The predicted molar refractivity (Wildman–Crippen MR) is 80.0 cm³/mol. The standard InChI is InChI=1S/C16H17NO5/c1-3-20-13-7-5-4-6-12(13)17-15(18)10-21-16(19)14-9-8-11(2)22-14/h4-9H,3,10H2,1-2H3,(H,17,18). The van der Waals surface area contributed by atoms with Gasteiger partial charge in [0.05, 0.1) is 12.3 Å². The lowest BCUT2D eigenvalue weighted by atomic mass is 10.3.